The van der Waals surface area contributed by atoms with Crippen molar-refractivity contribution < 1.29 is 23.9 Å². The Morgan fingerprint density at radius 2 is 1.74 bits per heavy atom. The summed E-state index contributed by atoms with van der Waals surface area (Å²) in [6.45, 7) is 2.90. The van der Waals surface area contributed by atoms with Crippen LogP contribution >= 0.6 is 0 Å². The highest BCUT2D eigenvalue weighted by molar-refractivity contribution is 5.97. The smallest absolute Gasteiger partial charge is 0.338 e. The van der Waals surface area contributed by atoms with Crippen molar-refractivity contribution in [3.05, 3.63) is 29.8 Å². The molecule has 0 bridgehead atoms. The van der Waals surface area contributed by atoms with Gasteiger partial charge in [0.25, 0.3) is 5.91 Å². The Morgan fingerprint density at radius 3 is 2.37 bits per heavy atom. The Hall–Kier alpha value is -2.90. The van der Waals surface area contributed by atoms with Crippen molar-refractivity contribution in [2.45, 2.75) is 45.6 Å². The maximum atomic E-state index is 11.9. The number of benzene rings is 1. The van der Waals surface area contributed by atoms with Crippen LogP contribution in [0.2, 0.25) is 0 Å². The molecule has 0 heterocycles. The van der Waals surface area contributed by atoms with Gasteiger partial charge in [-0.2, -0.15) is 0 Å². The number of anilines is 1. The van der Waals surface area contributed by atoms with Crippen LogP contribution in [0.1, 0.15) is 49.9 Å². The van der Waals surface area contributed by atoms with Crippen molar-refractivity contribution in [3.8, 4) is 0 Å². The zero-order chi connectivity index (χ0) is 19.8. The third-order valence-corrected chi connectivity index (χ3v) is 4.46. The van der Waals surface area contributed by atoms with Crippen molar-refractivity contribution in [1.82, 2.24) is 10.6 Å². The molecule has 1 aliphatic rings. The summed E-state index contributed by atoms with van der Waals surface area (Å²) in [5, 5.41) is 7.55. The number of rotatable bonds is 5. The Balaban J connectivity index is 1.74. The molecule has 1 aromatic carbocycles. The van der Waals surface area contributed by atoms with Crippen LogP contribution in [0.15, 0.2) is 24.3 Å². The summed E-state index contributed by atoms with van der Waals surface area (Å²) < 4.78 is 4.90. The summed E-state index contributed by atoms with van der Waals surface area (Å²) in [4.78, 5) is 46.6. The largest absolute Gasteiger partial charge is 0.452 e. The lowest BCUT2D eigenvalue weighted by Gasteiger charge is -2.29. The van der Waals surface area contributed by atoms with Gasteiger partial charge in [0.15, 0.2) is 6.61 Å². The Kier molecular flexibility index (Phi) is 7.34. The number of imide groups is 1. The summed E-state index contributed by atoms with van der Waals surface area (Å²) in [6, 6.07) is 5.53. The second-order valence-corrected chi connectivity index (χ2v) is 6.72. The second-order valence-electron chi connectivity index (χ2n) is 6.72. The van der Waals surface area contributed by atoms with Crippen LogP contribution in [0, 0.1) is 5.92 Å². The lowest BCUT2D eigenvalue weighted by Crippen LogP contribution is -2.48. The zero-order valence-corrected chi connectivity index (χ0v) is 15.5. The van der Waals surface area contributed by atoms with Crippen LogP contribution in [-0.2, 0) is 14.3 Å². The van der Waals surface area contributed by atoms with Crippen LogP contribution < -0.4 is 16.0 Å². The number of amides is 4. The molecule has 8 nitrogen and oxygen atoms in total. The van der Waals surface area contributed by atoms with Gasteiger partial charge in [0, 0.05) is 18.7 Å². The van der Waals surface area contributed by atoms with Gasteiger partial charge >= 0.3 is 12.0 Å². The topological polar surface area (TPSA) is 114 Å². The fourth-order valence-electron chi connectivity index (χ4n) is 3.01. The fraction of sp³-hybridized carbons (Fsp3) is 0.474. The number of carbonyl (C=O) groups excluding carboxylic acids is 4. The van der Waals surface area contributed by atoms with E-state index in [-0.39, 0.29) is 17.5 Å². The summed E-state index contributed by atoms with van der Waals surface area (Å²) >= 11 is 0. The molecule has 27 heavy (non-hydrogen) atoms. The Bertz CT molecular complexity index is 702. The predicted octanol–water partition coefficient (Wildman–Crippen LogP) is 2.21. The quantitative estimate of drug-likeness (QED) is 0.683. The lowest BCUT2D eigenvalue weighted by molar-refractivity contribution is -0.123. The van der Waals surface area contributed by atoms with E-state index in [0.29, 0.717) is 11.6 Å². The van der Waals surface area contributed by atoms with E-state index in [0.717, 1.165) is 25.7 Å². The molecule has 3 N–H and O–H groups in total. The molecular weight excluding hydrogens is 350 g/mol. The Labute approximate surface area is 158 Å². The van der Waals surface area contributed by atoms with Crippen molar-refractivity contribution in [3.63, 3.8) is 0 Å². The molecule has 2 rings (SSSR count). The number of esters is 1. The van der Waals surface area contributed by atoms with Crippen LogP contribution in [0.3, 0.4) is 0 Å². The molecule has 8 heteroatoms. The van der Waals surface area contributed by atoms with Crippen molar-refractivity contribution in [1.29, 1.82) is 0 Å². The number of carbonyl (C=O) groups is 4. The van der Waals surface area contributed by atoms with E-state index in [4.69, 9.17) is 4.74 Å². The van der Waals surface area contributed by atoms with Gasteiger partial charge in [-0.05, 0) is 43.0 Å². The van der Waals surface area contributed by atoms with Crippen LogP contribution in [0.25, 0.3) is 0 Å². The fourth-order valence-corrected chi connectivity index (χ4v) is 3.01. The first-order valence-electron chi connectivity index (χ1n) is 9.00. The third kappa shape index (κ3) is 6.73. The maximum Gasteiger partial charge on any atom is 0.338 e. The van der Waals surface area contributed by atoms with E-state index in [1.54, 1.807) is 12.1 Å². The van der Waals surface area contributed by atoms with E-state index >= 15 is 0 Å². The highest BCUT2D eigenvalue weighted by Crippen LogP contribution is 2.23. The molecule has 146 valence electrons. The van der Waals surface area contributed by atoms with Gasteiger partial charge < -0.3 is 15.4 Å². The highest BCUT2D eigenvalue weighted by Gasteiger charge is 2.23. The van der Waals surface area contributed by atoms with E-state index in [1.807, 2.05) is 0 Å². The molecule has 1 saturated carbocycles. The summed E-state index contributed by atoms with van der Waals surface area (Å²) in [5.74, 6) is -1.24. The van der Waals surface area contributed by atoms with Gasteiger partial charge in [0.05, 0.1) is 5.56 Å². The van der Waals surface area contributed by atoms with E-state index < -0.39 is 24.5 Å². The first-order valence-corrected chi connectivity index (χ1v) is 9.00. The molecule has 1 aromatic rings. The molecule has 2 atom stereocenters. The van der Waals surface area contributed by atoms with Gasteiger partial charge in [0.1, 0.15) is 0 Å². The molecule has 0 unspecified atom stereocenters. The van der Waals surface area contributed by atoms with Gasteiger partial charge in [-0.15, -0.1) is 0 Å². The molecule has 4 amide bonds. The SMILES string of the molecule is CC(=O)Nc1ccc(C(=O)OCC(=O)NC(=O)N[C@@H]2CCCC[C@@H]2C)cc1. The maximum absolute atomic E-state index is 11.9. The van der Waals surface area contributed by atoms with E-state index in [2.05, 4.69) is 22.9 Å². The van der Waals surface area contributed by atoms with Crippen LogP contribution in [0.4, 0.5) is 10.5 Å². The average Bonchev–Trinajstić information content (AvgIpc) is 2.61. The normalized spacial score (nSPS) is 18.9. The number of hydrogen-bond donors (Lipinski definition) is 3. The van der Waals surface area contributed by atoms with Crippen LogP contribution in [-0.4, -0.2) is 36.5 Å². The molecule has 1 aliphatic carbocycles. The van der Waals surface area contributed by atoms with Crippen molar-refractivity contribution in [2.24, 2.45) is 5.92 Å². The van der Waals surface area contributed by atoms with Crippen LogP contribution in [0.5, 0.6) is 0 Å². The van der Waals surface area contributed by atoms with E-state index in [9.17, 15) is 19.2 Å². The molecular formula is C19H25N3O5. The number of hydrogen-bond acceptors (Lipinski definition) is 5. The monoisotopic (exact) mass is 375 g/mol. The molecule has 0 aromatic heterocycles. The van der Waals surface area contributed by atoms with Gasteiger partial charge in [-0.3, -0.25) is 14.9 Å². The van der Waals surface area contributed by atoms with Gasteiger partial charge in [-0.1, -0.05) is 19.8 Å². The third-order valence-electron chi connectivity index (χ3n) is 4.46. The first-order chi connectivity index (χ1) is 12.8. The minimum Gasteiger partial charge on any atom is -0.452 e. The summed E-state index contributed by atoms with van der Waals surface area (Å²) in [5.41, 5.74) is 0.780. The summed E-state index contributed by atoms with van der Waals surface area (Å²) in [6.07, 6.45) is 4.16. The minimum atomic E-state index is -0.695. The second kappa shape index (κ2) is 9.70. The van der Waals surface area contributed by atoms with Crippen molar-refractivity contribution in [2.75, 3.05) is 11.9 Å². The highest BCUT2D eigenvalue weighted by atomic mass is 16.5. The standard InChI is InChI=1S/C19H25N3O5/c1-12-5-3-4-6-16(12)21-19(26)22-17(24)11-27-18(25)14-7-9-15(10-8-14)20-13(2)23/h7-10,12,16H,3-6,11H2,1-2H3,(H,20,23)(H2,21,22,24,26)/t12-,16+/m0/s1. The molecule has 0 spiro atoms. The number of urea groups is 1. The number of ether oxygens (including phenoxy) is 1. The van der Waals surface area contributed by atoms with Gasteiger partial charge in [-0.25, -0.2) is 9.59 Å². The molecule has 0 aliphatic heterocycles. The van der Waals surface area contributed by atoms with Crippen molar-refractivity contribution >= 4 is 29.5 Å². The molecule has 1 fully saturated rings. The number of nitrogens with one attached hydrogen (secondary N) is 3. The van der Waals surface area contributed by atoms with Gasteiger partial charge in [0.2, 0.25) is 5.91 Å². The molecule has 0 radical (unpaired) electrons. The summed E-state index contributed by atoms with van der Waals surface area (Å²) in [7, 11) is 0. The Morgan fingerprint density at radius 1 is 1.07 bits per heavy atom. The zero-order valence-electron chi connectivity index (χ0n) is 15.5. The predicted molar refractivity (Wildman–Crippen MR) is 99.1 cm³/mol. The molecule has 0 saturated heterocycles. The average molecular weight is 375 g/mol. The lowest BCUT2D eigenvalue weighted by atomic mass is 9.86. The minimum absolute atomic E-state index is 0.0521. The first kappa shape index (κ1) is 20.4. The van der Waals surface area contributed by atoms with E-state index in [1.165, 1.54) is 19.1 Å².